The first-order valence-corrected chi connectivity index (χ1v) is 7.09. The van der Waals surface area contributed by atoms with Crippen molar-refractivity contribution in [2.45, 2.75) is 31.5 Å². The maximum absolute atomic E-state index is 11.7. The van der Waals surface area contributed by atoms with Crippen LogP contribution in [0.1, 0.15) is 19.8 Å². The lowest BCUT2D eigenvalue weighted by Crippen LogP contribution is -2.47. The van der Waals surface area contributed by atoms with E-state index in [4.69, 9.17) is 15.2 Å². The Morgan fingerprint density at radius 2 is 2.33 bits per heavy atom. The van der Waals surface area contributed by atoms with Crippen LogP contribution >= 0.6 is 0 Å². The Labute approximate surface area is 124 Å². The van der Waals surface area contributed by atoms with Crippen molar-refractivity contribution >= 4 is 11.6 Å². The van der Waals surface area contributed by atoms with E-state index in [1.165, 1.54) is 0 Å². The molecule has 6 nitrogen and oxygen atoms in total. The Hall–Kier alpha value is -1.79. The number of benzene rings is 1. The maximum Gasteiger partial charge on any atom is 0.223 e. The molecule has 116 valence electrons. The number of nitrogens with one attached hydrogen (secondary N) is 1. The molecule has 0 bridgehead atoms. The smallest absolute Gasteiger partial charge is 0.223 e. The second kappa shape index (κ2) is 6.78. The van der Waals surface area contributed by atoms with Gasteiger partial charge in [-0.25, -0.2) is 0 Å². The van der Waals surface area contributed by atoms with Crippen LogP contribution in [-0.4, -0.2) is 42.5 Å². The molecule has 1 heterocycles. The molecule has 0 spiro atoms. The maximum atomic E-state index is 11.7. The van der Waals surface area contributed by atoms with Crippen LogP contribution in [0.4, 0.5) is 5.69 Å². The summed E-state index contributed by atoms with van der Waals surface area (Å²) in [5.74, 6) is 0.402. The summed E-state index contributed by atoms with van der Waals surface area (Å²) in [5, 5.41) is 13.0. The number of anilines is 1. The van der Waals surface area contributed by atoms with E-state index in [-0.39, 0.29) is 31.6 Å². The van der Waals surface area contributed by atoms with Gasteiger partial charge in [-0.15, -0.1) is 0 Å². The fraction of sp³-hybridized carbons (Fsp3) is 0.533. The highest BCUT2D eigenvalue weighted by Crippen LogP contribution is 2.24. The van der Waals surface area contributed by atoms with Gasteiger partial charge < -0.3 is 25.6 Å². The topological polar surface area (TPSA) is 93.8 Å². The summed E-state index contributed by atoms with van der Waals surface area (Å²) >= 11 is 0. The zero-order valence-corrected chi connectivity index (χ0v) is 12.2. The number of carbonyl (C=O) groups is 1. The number of nitrogen functional groups attached to an aromatic ring is 1. The third-order valence-electron chi connectivity index (χ3n) is 3.76. The van der Waals surface area contributed by atoms with Crippen LogP contribution in [0.25, 0.3) is 0 Å². The summed E-state index contributed by atoms with van der Waals surface area (Å²) < 4.78 is 10.8. The molecule has 2 rings (SSSR count). The van der Waals surface area contributed by atoms with Crippen LogP contribution in [0.15, 0.2) is 24.3 Å². The molecule has 1 aliphatic rings. The number of hydrogen-bond acceptors (Lipinski definition) is 5. The number of ether oxygens (including phenoxy) is 2. The minimum absolute atomic E-state index is 0.169. The molecule has 1 aromatic carbocycles. The van der Waals surface area contributed by atoms with E-state index in [9.17, 15) is 9.90 Å². The zero-order valence-electron chi connectivity index (χ0n) is 12.2. The van der Waals surface area contributed by atoms with E-state index in [1.54, 1.807) is 19.1 Å². The number of rotatable bonds is 6. The summed E-state index contributed by atoms with van der Waals surface area (Å²) in [4.78, 5) is 11.7. The van der Waals surface area contributed by atoms with E-state index in [2.05, 4.69) is 5.32 Å². The number of amides is 1. The van der Waals surface area contributed by atoms with Crippen molar-refractivity contribution in [2.24, 2.45) is 0 Å². The second-order valence-corrected chi connectivity index (χ2v) is 5.28. The van der Waals surface area contributed by atoms with Gasteiger partial charge in [-0.05, 0) is 19.1 Å². The minimum Gasteiger partial charge on any atom is -0.491 e. The first-order valence-electron chi connectivity index (χ1n) is 7.09. The Morgan fingerprint density at radius 3 is 3.00 bits per heavy atom. The molecule has 2 unspecified atom stereocenters. The van der Waals surface area contributed by atoms with Gasteiger partial charge in [0.1, 0.15) is 11.4 Å². The lowest BCUT2D eigenvalue weighted by atomic mass is 9.97. The molecule has 0 aromatic heterocycles. The van der Waals surface area contributed by atoms with E-state index >= 15 is 0 Å². The van der Waals surface area contributed by atoms with Gasteiger partial charge in [-0.2, -0.15) is 0 Å². The van der Waals surface area contributed by atoms with Crippen molar-refractivity contribution in [3.8, 4) is 5.75 Å². The molecule has 2 atom stereocenters. The van der Waals surface area contributed by atoms with Gasteiger partial charge in [-0.3, -0.25) is 4.79 Å². The monoisotopic (exact) mass is 294 g/mol. The third-order valence-corrected chi connectivity index (χ3v) is 3.76. The highest BCUT2D eigenvalue weighted by atomic mass is 16.5. The standard InChI is InChI=1S/C15H22N2O4/c1-11-15(19,7-9-20-11)10-17-14(18)6-8-21-13-5-3-2-4-12(13)16/h2-5,11,19H,6-10,16H2,1H3,(H,17,18). The average molecular weight is 294 g/mol. The highest BCUT2D eigenvalue weighted by molar-refractivity contribution is 5.76. The zero-order chi connectivity index (χ0) is 15.3. The third kappa shape index (κ3) is 4.09. The molecule has 1 saturated heterocycles. The SMILES string of the molecule is CC1OCCC1(O)CNC(=O)CCOc1ccccc1N. The Morgan fingerprint density at radius 1 is 1.57 bits per heavy atom. The normalized spacial score (nSPS) is 24.8. The summed E-state index contributed by atoms with van der Waals surface area (Å²) in [6.45, 7) is 2.76. The molecule has 1 aliphatic heterocycles. The largest absolute Gasteiger partial charge is 0.491 e. The van der Waals surface area contributed by atoms with Gasteiger partial charge in [0.05, 0.1) is 24.8 Å². The molecular weight excluding hydrogens is 272 g/mol. The fourth-order valence-corrected chi connectivity index (χ4v) is 2.21. The van der Waals surface area contributed by atoms with Crippen LogP contribution in [0.3, 0.4) is 0 Å². The van der Waals surface area contributed by atoms with Gasteiger partial charge in [-0.1, -0.05) is 12.1 Å². The van der Waals surface area contributed by atoms with E-state index in [1.807, 2.05) is 12.1 Å². The molecule has 1 fully saturated rings. The molecule has 4 N–H and O–H groups in total. The minimum atomic E-state index is -0.972. The van der Waals surface area contributed by atoms with Crippen molar-refractivity contribution in [3.05, 3.63) is 24.3 Å². The quantitative estimate of drug-likeness (QED) is 0.671. The van der Waals surface area contributed by atoms with Crippen LogP contribution in [-0.2, 0) is 9.53 Å². The predicted octanol–water partition coefficient (Wildman–Crippen LogP) is 0.694. The Kier molecular flexibility index (Phi) is 5.03. The summed E-state index contributed by atoms with van der Waals surface area (Å²) in [6.07, 6.45) is 0.476. The van der Waals surface area contributed by atoms with Gasteiger partial charge in [0, 0.05) is 19.6 Å². The Balaban J connectivity index is 1.70. The van der Waals surface area contributed by atoms with Crippen molar-refractivity contribution in [1.29, 1.82) is 0 Å². The van der Waals surface area contributed by atoms with Crippen LogP contribution < -0.4 is 15.8 Å². The van der Waals surface area contributed by atoms with Crippen molar-refractivity contribution in [1.82, 2.24) is 5.32 Å². The van der Waals surface area contributed by atoms with Crippen LogP contribution in [0.2, 0.25) is 0 Å². The molecule has 0 aliphatic carbocycles. The van der Waals surface area contributed by atoms with E-state index < -0.39 is 5.60 Å². The molecule has 1 amide bonds. The molecule has 0 saturated carbocycles. The summed E-state index contributed by atoms with van der Waals surface area (Å²) in [5.41, 5.74) is 5.31. The van der Waals surface area contributed by atoms with Gasteiger partial charge in [0.2, 0.25) is 5.91 Å². The average Bonchev–Trinajstić information content (AvgIpc) is 2.79. The summed E-state index contributed by atoms with van der Waals surface area (Å²) in [6, 6.07) is 7.14. The van der Waals surface area contributed by atoms with Crippen molar-refractivity contribution in [2.75, 3.05) is 25.5 Å². The second-order valence-electron chi connectivity index (χ2n) is 5.28. The highest BCUT2D eigenvalue weighted by Gasteiger charge is 2.39. The lowest BCUT2D eigenvalue weighted by molar-refractivity contribution is -0.123. The molecule has 0 radical (unpaired) electrons. The fourth-order valence-electron chi connectivity index (χ4n) is 2.21. The first-order chi connectivity index (χ1) is 10.0. The van der Waals surface area contributed by atoms with Crippen LogP contribution in [0, 0.1) is 0 Å². The van der Waals surface area contributed by atoms with Gasteiger partial charge in [0.15, 0.2) is 0 Å². The lowest BCUT2D eigenvalue weighted by Gasteiger charge is -2.26. The van der Waals surface area contributed by atoms with Crippen LogP contribution in [0.5, 0.6) is 5.75 Å². The predicted molar refractivity (Wildman–Crippen MR) is 79.0 cm³/mol. The van der Waals surface area contributed by atoms with Gasteiger partial charge >= 0.3 is 0 Å². The van der Waals surface area contributed by atoms with E-state index in [0.29, 0.717) is 24.5 Å². The Bertz CT molecular complexity index is 494. The summed E-state index contributed by atoms with van der Waals surface area (Å²) in [7, 11) is 0. The number of carbonyl (C=O) groups excluding carboxylic acids is 1. The molecule has 21 heavy (non-hydrogen) atoms. The number of para-hydroxylation sites is 2. The molecular formula is C15H22N2O4. The molecule has 1 aromatic rings. The first kappa shape index (κ1) is 15.6. The van der Waals surface area contributed by atoms with Crippen molar-refractivity contribution in [3.63, 3.8) is 0 Å². The molecule has 6 heteroatoms. The number of aliphatic hydroxyl groups is 1. The van der Waals surface area contributed by atoms with E-state index in [0.717, 1.165) is 0 Å². The van der Waals surface area contributed by atoms with Crippen molar-refractivity contribution < 1.29 is 19.4 Å². The van der Waals surface area contributed by atoms with Gasteiger partial charge in [0.25, 0.3) is 0 Å². The number of hydrogen-bond donors (Lipinski definition) is 3. The number of nitrogens with two attached hydrogens (primary N) is 1.